The van der Waals surface area contributed by atoms with Crippen molar-refractivity contribution in [1.82, 2.24) is 0 Å². The lowest BCUT2D eigenvalue weighted by Crippen LogP contribution is -2.25. The Balaban J connectivity index is 1.90. The molecule has 36 heavy (non-hydrogen) atoms. The number of non-ortho nitro benzene ring substituents is 2. The quantitative estimate of drug-likeness (QED) is 0.148. The number of amides is 2. The van der Waals surface area contributed by atoms with Crippen molar-refractivity contribution in [3.63, 3.8) is 0 Å². The minimum Gasteiger partial charge on any atom is -0.322 e. The highest BCUT2D eigenvalue weighted by Crippen LogP contribution is 2.24. The summed E-state index contributed by atoms with van der Waals surface area (Å²) in [6.07, 6.45) is 1.42. The third kappa shape index (κ3) is 6.60. The van der Waals surface area contributed by atoms with Crippen molar-refractivity contribution in [1.29, 1.82) is 0 Å². The molecule has 3 rings (SSSR count). The van der Waals surface area contributed by atoms with Crippen LogP contribution in [0.4, 0.5) is 22.7 Å². The number of hydrogen-bond donors (Lipinski definition) is 2. The molecule has 0 aliphatic heterocycles. The van der Waals surface area contributed by atoms with Crippen LogP contribution in [0.3, 0.4) is 0 Å². The molecule has 0 radical (unpaired) electrons. The van der Waals surface area contributed by atoms with Gasteiger partial charge in [0.05, 0.1) is 9.85 Å². The molecule has 10 heteroatoms. The van der Waals surface area contributed by atoms with Crippen LogP contribution in [0.25, 0.3) is 6.08 Å². The molecule has 0 spiro atoms. The van der Waals surface area contributed by atoms with E-state index in [9.17, 15) is 29.8 Å². The van der Waals surface area contributed by atoms with Crippen LogP contribution in [0.15, 0.2) is 78.4 Å². The van der Waals surface area contributed by atoms with Gasteiger partial charge in [-0.05, 0) is 46.9 Å². The fourth-order valence-corrected chi connectivity index (χ4v) is 3.21. The second-order valence-electron chi connectivity index (χ2n) is 8.95. The van der Waals surface area contributed by atoms with Gasteiger partial charge in [0.25, 0.3) is 23.2 Å². The lowest BCUT2D eigenvalue weighted by Gasteiger charge is -2.19. The summed E-state index contributed by atoms with van der Waals surface area (Å²) < 4.78 is 0. The third-order valence-corrected chi connectivity index (χ3v) is 5.25. The number of anilines is 2. The summed E-state index contributed by atoms with van der Waals surface area (Å²) in [5.41, 5.74) is 1.63. The molecule has 0 heterocycles. The normalized spacial score (nSPS) is 10.8. The summed E-state index contributed by atoms with van der Waals surface area (Å²) in [4.78, 5) is 46.8. The van der Waals surface area contributed by atoms with Gasteiger partial charge in [0.2, 0.25) is 0 Å². The zero-order chi connectivity index (χ0) is 26.5. The Labute approximate surface area is 207 Å². The van der Waals surface area contributed by atoms with Gasteiger partial charge in [-0.2, -0.15) is 0 Å². The van der Waals surface area contributed by atoms with Gasteiger partial charge < -0.3 is 10.6 Å². The van der Waals surface area contributed by atoms with E-state index >= 15 is 0 Å². The lowest BCUT2D eigenvalue weighted by atomic mass is 9.86. The van der Waals surface area contributed by atoms with Gasteiger partial charge in [-0.3, -0.25) is 29.8 Å². The SMILES string of the molecule is CC(C)(C)c1ccc(C=C(C(=O)Nc2ccc([N+](=O)[O-])cc2)C(=O)Nc2ccc([N+](=O)[O-])cc2)cc1. The Bertz CT molecular complexity index is 1250. The summed E-state index contributed by atoms with van der Waals surface area (Å²) in [6, 6.07) is 17.8. The van der Waals surface area contributed by atoms with Crippen molar-refractivity contribution in [3.8, 4) is 0 Å². The maximum atomic E-state index is 13.1. The number of nitro groups is 2. The predicted molar refractivity (Wildman–Crippen MR) is 137 cm³/mol. The highest BCUT2D eigenvalue weighted by molar-refractivity contribution is 6.28. The van der Waals surface area contributed by atoms with Crippen LogP contribution in [0, 0.1) is 20.2 Å². The van der Waals surface area contributed by atoms with Gasteiger partial charge in [0.1, 0.15) is 5.57 Å². The number of nitrogens with zero attached hydrogens (tertiary/aromatic N) is 2. The summed E-state index contributed by atoms with van der Waals surface area (Å²) in [7, 11) is 0. The molecule has 0 atom stereocenters. The number of benzene rings is 3. The number of nitro benzene ring substituents is 2. The third-order valence-electron chi connectivity index (χ3n) is 5.25. The van der Waals surface area contributed by atoms with E-state index in [1.54, 1.807) is 12.1 Å². The van der Waals surface area contributed by atoms with Crippen molar-refractivity contribution in [2.75, 3.05) is 10.6 Å². The Morgan fingerprint density at radius 1 is 0.694 bits per heavy atom. The van der Waals surface area contributed by atoms with Crippen LogP contribution in [0.2, 0.25) is 0 Å². The average molecular weight is 489 g/mol. The average Bonchev–Trinajstić information content (AvgIpc) is 2.82. The number of hydrogen-bond acceptors (Lipinski definition) is 6. The summed E-state index contributed by atoms with van der Waals surface area (Å²) in [6.45, 7) is 6.20. The molecular weight excluding hydrogens is 464 g/mol. The van der Waals surface area contributed by atoms with E-state index in [0.29, 0.717) is 5.56 Å². The van der Waals surface area contributed by atoms with Crippen LogP contribution in [0.5, 0.6) is 0 Å². The number of rotatable bonds is 7. The van der Waals surface area contributed by atoms with Crippen molar-refractivity contribution in [2.45, 2.75) is 26.2 Å². The zero-order valence-electron chi connectivity index (χ0n) is 19.8. The molecule has 0 aromatic heterocycles. The fourth-order valence-electron chi connectivity index (χ4n) is 3.21. The number of nitrogens with one attached hydrogen (secondary N) is 2. The van der Waals surface area contributed by atoms with E-state index in [0.717, 1.165) is 5.56 Å². The molecule has 2 amide bonds. The maximum absolute atomic E-state index is 13.1. The molecule has 0 saturated carbocycles. The van der Waals surface area contributed by atoms with Gasteiger partial charge in [-0.25, -0.2) is 0 Å². The molecule has 0 saturated heterocycles. The smallest absolute Gasteiger partial charge is 0.269 e. The molecular formula is C26H24N4O6. The first-order chi connectivity index (χ1) is 16.9. The summed E-state index contributed by atoms with van der Waals surface area (Å²) in [5.74, 6) is -1.47. The fraction of sp³-hybridized carbons (Fsp3) is 0.154. The van der Waals surface area contributed by atoms with Crippen LogP contribution < -0.4 is 10.6 Å². The highest BCUT2D eigenvalue weighted by Gasteiger charge is 2.20. The second kappa shape index (κ2) is 10.6. The van der Waals surface area contributed by atoms with Crippen molar-refractivity contribution >= 4 is 40.6 Å². The largest absolute Gasteiger partial charge is 0.322 e. The molecule has 3 aromatic carbocycles. The molecule has 184 valence electrons. The Morgan fingerprint density at radius 2 is 1.08 bits per heavy atom. The second-order valence-corrected chi connectivity index (χ2v) is 8.95. The Hall–Kier alpha value is -4.86. The van der Waals surface area contributed by atoms with Crippen molar-refractivity contribution < 1.29 is 19.4 Å². The molecule has 0 fully saturated rings. The van der Waals surface area contributed by atoms with Crippen LogP contribution >= 0.6 is 0 Å². The summed E-state index contributed by atoms with van der Waals surface area (Å²) in [5, 5.41) is 26.9. The maximum Gasteiger partial charge on any atom is 0.269 e. The van der Waals surface area contributed by atoms with Gasteiger partial charge in [-0.15, -0.1) is 0 Å². The lowest BCUT2D eigenvalue weighted by molar-refractivity contribution is -0.385. The van der Waals surface area contributed by atoms with E-state index in [2.05, 4.69) is 31.4 Å². The van der Waals surface area contributed by atoms with E-state index < -0.39 is 21.7 Å². The van der Waals surface area contributed by atoms with Gasteiger partial charge in [0, 0.05) is 35.6 Å². The molecule has 3 aromatic rings. The van der Waals surface area contributed by atoms with E-state index in [-0.39, 0.29) is 33.7 Å². The van der Waals surface area contributed by atoms with E-state index in [4.69, 9.17) is 0 Å². The van der Waals surface area contributed by atoms with E-state index in [1.165, 1.54) is 54.6 Å². The first kappa shape index (κ1) is 25.8. The molecule has 0 aliphatic rings. The molecule has 10 nitrogen and oxygen atoms in total. The molecule has 2 N–H and O–H groups in total. The molecule has 0 unspecified atom stereocenters. The minimum absolute atomic E-state index is 0.0777. The Kier molecular flexibility index (Phi) is 7.58. The topological polar surface area (TPSA) is 144 Å². The standard InChI is InChI=1S/C26H24N4O6/c1-26(2,3)18-6-4-17(5-7-18)16-23(24(31)27-19-8-12-21(13-9-19)29(33)34)25(32)28-20-10-14-22(15-11-20)30(35)36/h4-16H,1-3H3,(H,27,31)(H,28,32). The van der Waals surface area contributed by atoms with E-state index in [1.807, 2.05) is 12.1 Å². The number of carbonyl (C=O) groups excluding carboxylic acids is 2. The highest BCUT2D eigenvalue weighted by atomic mass is 16.6. The minimum atomic E-state index is -0.733. The molecule has 0 bridgehead atoms. The zero-order valence-corrected chi connectivity index (χ0v) is 19.8. The monoisotopic (exact) mass is 488 g/mol. The van der Waals surface area contributed by atoms with Crippen LogP contribution in [0.1, 0.15) is 31.9 Å². The first-order valence-electron chi connectivity index (χ1n) is 10.9. The summed E-state index contributed by atoms with van der Waals surface area (Å²) >= 11 is 0. The number of carbonyl (C=O) groups is 2. The van der Waals surface area contributed by atoms with Crippen molar-refractivity contribution in [3.05, 3.63) is 110 Å². The van der Waals surface area contributed by atoms with Gasteiger partial charge >= 0.3 is 0 Å². The first-order valence-corrected chi connectivity index (χ1v) is 10.9. The predicted octanol–water partition coefficient (Wildman–Crippen LogP) is 5.46. The molecule has 0 aliphatic carbocycles. The van der Waals surface area contributed by atoms with Crippen molar-refractivity contribution in [2.24, 2.45) is 0 Å². The van der Waals surface area contributed by atoms with Gasteiger partial charge in [0.15, 0.2) is 0 Å². The van der Waals surface area contributed by atoms with Crippen LogP contribution in [-0.2, 0) is 15.0 Å². The Morgan fingerprint density at radius 3 is 1.42 bits per heavy atom. The van der Waals surface area contributed by atoms with Crippen LogP contribution in [-0.4, -0.2) is 21.7 Å². The van der Waals surface area contributed by atoms with Gasteiger partial charge in [-0.1, -0.05) is 45.0 Å².